The van der Waals surface area contributed by atoms with E-state index >= 15 is 0 Å². The summed E-state index contributed by atoms with van der Waals surface area (Å²) < 4.78 is 1.07. The van der Waals surface area contributed by atoms with Crippen LogP contribution in [0.25, 0.3) is 0 Å². The molecule has 1 amide bonds. The number of carbonyl (C=O) groups excluding carboxylic acids is 1. The lowest BCUT2D eigenvalue weighted by atomic mass is 10.1. The van der Waals surface area contributed by atoms with Gasteiger partial charge in [0.15, 0.2) is 0 Å². The standard InChI is InChI=1S/C14H19BrN2O/c1-9-6-10(2)14(12(15)7-9)17-11-4-3-5-16-13(18)8-11/h6-7,11,17H,3-5,8H2,1-2H3,(H,16,18). The van der Waals surface area contributed by atoms with Crippen molar-refractivity contribution in [2.24, 2.45) is 0 Å². The van der Waals surface area contributed by atoms with Crippen molar-refractivity contribution in [3.05, 3.63) is 27.7 Å². The Hall–Kier alpha value is -1.03. The highest BCUT2D eigenvalue weighted by atomic mass is 79.9. The van der Waals surface area contributed by atoms with E-state index in [1.165, 1.54) is 11.1 Å². The number of halogens is 1. The average Bonchev–Trinajstić information content (AvgIpc) is 2.48. The summed E-state index contributed by atoms with van der Waals surface area (Å²) >= 11 is 3.60. The van der Waals surface area contributed by atoms with Gasteiger partial charge in [-0.15, -0.1) is 0 Å². The minimum atomic E-state index is 0.144. The van der Waals surface area contributed by atoms with Gasteiger partial charge < -0.3 is 10.6 Å². The Kier molecular flexibility index (Phi) is 4.27. The van der Waals surface area contributed by atoms with Crippen LogP contribution >= 0.6 is 15.9 Å². The maximum absolute atomic E-state index is 11.5. The predicted octanol–water partition coefficient (Wildman–Crippen LogP) is 3.15. The maximum Gasteiger partial charge on any atom is 0.222 e. The lowest BCUT2D eigenvalue weighted by Gasteiger charge is -2.20. The fraction of sp³-hybridized carbons (Fsp3) is 0.500. The minimum Gasteiger partial charge on any atom is -0.381 e. The van der Waals surface area contributed by atoms with Gasteiger partial charge >= 0.3 is 0 Å². The summed E-state index contributed by atoms with van der Waals surface area (Å²) in [5.41, 5.74) is 3.57. The molecule has 1 atom stereocenters. The molecule has 1 saturated heterocycles. The molecule has 1 heterocycles. The predicted molar refractivity (Wildman–Crippen MR) is 77.9 cm³/mol. The fourth-order valence-corrected chi connectivity index (χ4v) is 3.19. The first-order chi connectivity index (χ1) is 8.56. The van der Waals surface area contributed by atoms with Crippen molar-refractivity contribution in [2.75, 3.05) is 11.9 Å². The number of aryl methyl sites for hydroxylation is 2. The van der Waals surface area contributed by atoms with Crippen LogP contribution in [0.5, 0.6) is 0 Å². The van der Waals surface area contributed by atoms with Gasteiger partial charge in [0, 0.05) is 23.5 Å². The van der Waals surface area contributed by atoms with E-state index in [-0.39, 0.29) is 11.9 Å². The van der Waals surface area contributed by atoms with Crippen LogP contribution in [0.15, 0.2) is 16.6 Å². The highest BCUT2D eigenvalue weighted by Gasteiger charge is 2.18. The molecule has 0 radical (unpaired) electrons. The molecule has 1 aromatic rings. The number of hydrogen-bond donors (Lipinski definition) is 2. The molecule has 2 rings (SSSR count). The summed E-state index contributed by atoms with van der Waals surface area (Å²) in [6.07, 6.45) is 2.62. The summed E-state index contributed by atoms with van der Waals surface area (Å²) in [6, 6.07) is 4.49. The Morgan fingerprint density at radius 1 is 1.39 bits per heavy atom. The van der Waals surface area contributed by atoms with Crippen LogP contribution in [0.3, 0.4) is 0 Å². The van der Waals surface area contributed by atoms with Gasteiger partial charge in [0.05, 0.1) is 5.69 Å². The first kappa shape index (κ1) is 13.4. The molecular weight excluding hydrogens is 292 g/mol. The van der Waals surface area contributed by atoms with E-state index in [9.17, 15) is 4.79 Å². The van der Waals surface area contributed by atoms with Crippen LogP contribution in [0.1, 0.15) is 30.4 Å². The van der Waals surface area contributed by atoms with E-state index in [2.05, 4.69) is 52.5 Å². The highest BCUT2D eigenvalue weighted by molar-refractivity contribution is 9.10. The molecule has 1 fully saturated rings. The number of nitrogens with one attached hydrogen (secondary N) is 2. The zero-order chi connectivity index (χ0) is 13.1. The van der Waals surface area contributed by atoms with Crippen molar-refractivity contribution in [2.45, 2.75) is 39.2 Å². The molecule has 1 aliphatic heterocycles. The molecule has 0 saturated carbocycles. The number of carbonyl (C=O) groups is 1. The van der Waals surface area contributed by atoms with Crippen molar-refractivity contribution < 1.29 is 4.79 Å². The van der Waals surface area contributed by atoms with Crippen molar-refractivity contribution in [1.82, 2.24) is 5.32 Å². The van der Waals surface area contributed by atoms with Crippen molar-refractivity contribution >= 4 is 27.5 Å². The van der Waals surface area contributed by atoms with Crippen molar-refractivity contribution in [1.29, 1.82) is 0 Å². The molecule has 4 heteroatoms. The minimum absolute atomic E-state index is 0.144. The fourth-order valence-electron chi connectivity index (χ4n) is 2.40. The zero-order valence-electron chi connectivity index (χ0n) is 10.8. The topological polar surface area (TPSA) is 41.1 Å². The Labute approximate surface area is 116 Å². The van der Waals surface area contributed by atoms with E-state index < -0.39 is 0 Å². The summed E-state index contributed by atoms with van der Waals surface area (Å²) in [5, 5.41) is 6.42. The van der Waals surface area contributed by atoms with Gasteiger partial charge in [-0.2, -0.15) is 0 Å². The molecule has 2 N–H and O–H groups in total. The molecule has 98 valence electrons. The number of benzene rings is 1. The monoisotopic (exact) mass is 310 g/mol. The van der Waals surface area contributed by atoms with Gasteiger partial charge in [0.25, 0.3) is 0 Å². The van der Waals surface area contributed by atoms with E-state index in [1.54, 1.807) is 0 Å². The highest BCUT2D eigenvalue weighted by Crippen LogP contribution is 2.29. The molecule has 1 aromatic carbocycles. The third-order valence-electron chi connectivity index (χ3n) is 3.26. The molecule has 1 unspecified atom stereocenters. The Morgan fingerprint density at radius 2 is 2.17 bits per heavy atom. The Balaban J connectivity index is 2.15. The van der Waals surface area contributed by atoms with Gasteiger partial charge in [-0.1, -0.05) is 6.07 Å². The molecule has 18 heavy (non-hydrogen) atoms. The molecule has 0 bridgehead atoms. The van der Waals surface area contributed by atoms with E-state index in [0.29, 0.717) is 6.42 Å². The smallest absolute Gasteiger partial charge is 0.222 e. The van der Waals surface area contributed by atoms with E-state index in [1.807, 2.05) is 0 Å². The van der Waals surface area contributed by atoms with Crippen LogP contribution in [0, 0.1) is 13.8 Å². The SMILES string of the molecule is Cc1cc(C)c(NC2CCCNC(=O)C2)c(Br)c1. The zero-order valence-corrected chi connectivity index (χ0v) is 12.4. The molecule has 0 aliphatic carbocycles. The van der Waals surface area contributed by atoms with Gasteiger partial charge in [-0.3, -0.25) is 4.79 Å². The first-order valence-electron chi connectivity index (χ1n) is 6.36. The lowest BCUT2D eigenvalue weighted by Crippen LogP contribution is -2.27. The summed E-state index contributed by atoms with van der Waals surface area (Å²) in [4.78, 5) is 11.5. The largest absolute Gasteiger partial charge is 0.381 e. The van der Waals surface area contributed by atoms with Crippen LogP contribution in [0.2, 0.25) is 0 Å². The third-order valence-corrected chi connectivity index (χ3v) is 3.89. The van der Waals surface area contributed by atoms with Crippen LogP contribution in [-0.4, -0.2) is 18.5 Å². The number of hydrogen-bond acceptors (Lipinski definition) is 2. The number of amides is 1. The quantitative estimate of drug-likeness (QED) is 0.881. The van der Waals surface area contributed by atoms with Gasteiger partial charge in [-0.25, -0.2) is 0 Å². The second-order valence-corrected chi connectivity index (χ2v) is 5.83. The number of anilines is 1. The maximum atomic E-state index is 11.5. The Bertz CT molecular complexity index is 436. The second kappa shape index (κ2) is 5.74. The summed E-state index contributed by atoms with van der Waals surface area (Å²) in [6.45, 7) is 4.97. The van der Waals surface area contributed by atoms with Crippen LogP contribution in [-0.2, 0) is 4.79 Å². The van der Waals surface area contributed by atoms with Crippen LogP contribution < -0.4 is 10.6 Å². The molecular formula is C14H19BrN2O. The van der Waals surface area contributed by atoms with Crippen molar-refractivity contribution in [3.8, 4) is 0 Å². The van der Waals surface area contributed by atoms with Crippen LogP contribution in [0.4, 0.5) is 5.69 Å². The van der Waals surface area contributed by atoms with Crippen molar-refractivity contribution in [3.63, 3.8) is 0 Å². The first-order valence-corrected chi connectivity index (χ1v) is 7.15. The second-order valence-electron chi connectivity index (χ2n) is 4.98. The molecule has 0 spiro atoms. The molecule has 3 nitrogen and oxygen atoms in total. The Morgan fingerprint density at radius 3 is 2.89 bits per heavy atom. The third kappa shape index (κ3) is 3.25. The molecule has 0 aromatic heterocycles. The lowest BCUT2D eigenvalue weighted by molar-refractivity contribution is -0.120. The summed E-state index contributed by atoms with van der Waals surface area (Å²) in [7, 11) is 0. The number of rotatable bonds is 2. The summed E-state index contributed by atoms with van der Waals surface area (Å²) in [5.74, 6) is 0.144. The van der Waals surface area contributed by atoms with Gasteiger partial charge in [-0.05, 0) is 59.8 Å². The van der Waals surface area contributed by atoms with E-state index in [4.69, 9.17) is 0 Å². The van der Waals surface area contributed by atoms with Gasteiger partial charge in [0.1, 0.15) is 0 Å². The normalized spacial score (nSPS) is 20.2. The average molecular weight is 311 g/mol. The van der Waals surface area contributed by atoms with Gasteiger partial charge in [0.2, 0.25) is 5.91 Å². The van der Waals surface area contributed by atoms with E-state index in [0.717, 1.165) is 29.5 Å². The molecule has 1 aliphatic rings.